The topological polar surface area (TPSA) is 12.0 Å². The molecule has 0 aromatic heterocycles. The Kier molecular flexibility index (Phi) is 4.18. The first-order valence-corrected chi connectivity index (χ1v) is 6.14. The van der Waals surface area contributed by atoms with Gasteiger partial charge in [0, 0.05) is 18.1 Å². The minimum atomic E-state index is 0.800. The van der Waals surface area contributed by atoms with Crippen molar-refractivity contribution in [2.24, 2.45) is 0 Å². The molecule has 0 aliphatic heterocycles. The second kappa shape index (κ2) is 5.85. The standard InChI is InChI=1S/C15H16ClN/c1-12-6-2-3-7-13(12)10-17-11-14-8-4-5-9-15(14)16/h2-9,17H,10-11H2,1H3. The Morgan fingerprint density at radius 1 is 0.882 bits per heavy atom. The Balaban J connectivity index is 1.93. The quantitative estimate of drug-likeness (QED) is 0.861. The van der Waals surface area contributed by atoms with E-state index in [9.17, 15) is 0 Å². The summed E-state index contributed by atoms with van der Waals surface area (Å²) in [6, 6.07) is 16.3. The summed E-state index contributed by atoms with van der Waals surface area (Å²) in [5.74, 6) is 0. The largest absolute Gasteiger partial charge is 0.309 e. The Hall–Kier alpha value is -1.31. The molecule has 17 heavy (non-hydrogen) atoms. The van der Waals surface area contributed by atoms with Gasteiger partial charge in [-0.15, -0.1) is 0 Å². The molecule has 0 radical (unpaired) electrons. The van der Waals surface area contributed by atoms with Crippen LogP contribution in [0, 0.1) is 6.92 Å². The predicted molar refractivity (Wildman–Crippen MR) is 73.2 cm³/mol. The lowest BCUT2D eigenvalue weighted by Gasteiger charge is -2.08. The molecule has 88 valence electrons. The molecule has 2 aromatic carbocycles. The Bertz CT molecular complexity index is 448. The molecule has 0 saturated carbocycles. The van der Waals surface area contributed by atoms with Crippen LogP contribution in [0.4, 0.5) is 0 Å². The van der Waals surface area contributed by atoms with Crippen molar-refractivity contribution in [2.75, 3.05) is 0 Å². The molecule has 1 nitrogen and oxygen atoms in total. The van der Waals surface area contributed by atoms with Crippen LogP contribution < -0.4 is 5.32 Å². The first-order valence-electron chi connectivity index (χ1n) is 5.76. The maximum Gasteiger partial charge on any atom is 0.0450 e. The van der Waals surface area contributed by atoms with Crippen LogP contribution in [0.1, 0.15) is 16.7 Å². The molecule has 0 unspecified atom stereocenters. The number of hydrogen-bond donors (Lipinski definition) is 1. The van der Waals surface area contributed by atoms with Gasteiger partial charge in [-0.3, -0.25) is 0 Å². The van der Waals surface area contributed by atoms with Crippen molar-refractivity contribution in [3.8, 4) is 0 Å². The van der Waals surface area contributed by atoms with E-state index in [2.05, 4.69) is 36.5 Å². The summed E-state index contributed by atoms with van der Waals surface area (Å²) in [6.07, 6.45) is 0. The summed E-state index contributed by atoms with van der Waals surface area (Å²) in [7, 11) is 0. The molecule has 0 aliphatic rings. The second-order valence-corrected chi connectivity index (χ2v) is 4.53. The van der Waals surface area contributed by atoms with E-state index >= 15 is 0 Å². The molecule has 0 spiro atoms. The second-order valence-electron chi connectivity index (χ2n) is 4.12. The zero-order valence-corrected chi connectivity index (χ0v) is 10.7. The van der Waals surface area contributed by atoms with Gasteiger partial charge in [0.1, 0.15) is 0 Å². The maximum atomic E-state index is 6.10. The highest BCUT2D eigenvalue weighted by molar-refractivity contribution is 6.31. The Morgan fingerprint density at radius 3 is 2.18 bits per heavy atom. The summed E-state index contributed by atoms with van der Waals surface area (Å²) < 4.78 is 0. The van der Waals surface area contributed by atoms with Gasteiger partial charge in [-0.2, -0.15) is 0 Å². The number of benzene rings is 2. The van der Waals surface area contributed by atoms with Gasteiger partial charge >= 0.3 is 0 Å². The van der Waals surface area contributed by atoms with Crippen molar-refractivity contribution in [3.63, 3.8) is 0 Å². The fourth-order valence-electron chi connectivity index (χ4n) is 1.78. The number of rotatable bonds is 4. The number of halogens is 1. The van der Waals surface area contributed by atoms with Crippen molar-refractivity contribution in [2.45, 2.75) is 20.0 Å². The first kappa shape index (κ1) is 12.2. The summed E-state index contributed by atoms with van der Waals surface area (Å²) in [6.45, 7) is 3.80. The van der Waals surface area contributed by atoms with E-state index in [1.165, 1.54) is 11.1 Å². The van der Waals surface area contributed by atoms with E-state index in [0.29, 0.717) is 0 Å². The zero-order valence-electron chi connectivity index (χ0n) is 9.91. The molecule has 0 saturated heterocycles. The lowest BCUT2D eigenvalue weighted by molar-refractivity contribution is 0.691. The third kappa shape index (κ3) is 3.32. The van der Waals surface area contributed by atoms with Crippen LogP contribution in [0.15, 0.2) is 48.5 Å². The molecular formula is C15H16ClN. The highest BCUT2D eigenvalue weighted by Crippen LogP contribution is 2.14. The zero-order chi connectivity index (χ0) is 12.1. The van der Waals surface area contributed by atoms with Gasteiger partial charge in [0.05, 0.1) is 0 Å². The maximum absolute atomic E-state index is 6.10. The SMILES string of the molecule is Cc1ccccc1CNCc1ccccc1Cl. The summed E-state index contributed by atoms with van der Waals surface area (Å²) >= 11 is 6.10. The third-order valence-electron chi connectivity index (χ3n) is 2.85. The highest BCUT2D eigenvalue weighted by atomic mass is 35.5. The van der Waals surface area contributed by atoms with E-state index in [1.54, 1.807) is 0 Å². The van der Waals surface area contributed by atoms with Gasteiger partial charge in [0.2, 0.25) is 0 Å². The van der Waals surface area contributed by atoms with Crippen LogP contribution in [0.5, 0.6) is 0 Å². The van der Waals surface area contributed by atoms with Crippen LogP contribution >= 0.6 is 11.6 Å². The average Bonchev–Trinajstić information content (AvgIpc) is 2.34. The van der Waals surface area contributed by atoms with Gasteiger partial charge < -0.3 is 5.32 Å². The number of aryl methyl sites for hydroxylation is 1. The van der Waals surface area contributed by atoms with Crippen molar-refractivity contribution in [1.29, 1.82) is 0 Å². The molecule has 0 amide bonds. The lowest BCUT2D eigenvalue weighted by atomic mass is 10.1. The predicted octanol–water partition coefficient (Wildman–Crippen LogP) is 3.94. The van der Waals surface area contributed by atoms with Gasteiger partial charge in [0.25, 0.3) is 0 Å². The summed E-state index contributed by atoms with van der Waals surface area (Å²) in [5, 5.41) is 4.24. The molecule has 0 fully saturated rings. The molecule has 0 aliphatic carbocycles. The molecular weight excluding hydrogens is 230 g/mol. The van der Waals surface area contributed by atoms with Gasteiger partial charge in [-0.25, -0.2) is 0 Å². The van der Waals surface area contributed by atoms with E-state index < -0.39 is 0 Å². The minimum absolute atomic E-state index is 0.800. The molecule has 2 aromatic rings. The summed E-state index contributed by atoms with van der Waals surface area (Å²) in [4.78, 5) is 0. The Morgan fingerprint density at radius 2 is 1.47 bits per heavy atom. The smallest absolute Gasteiger partial charge is 0.0450 e. The fraction of sp³-hybridized carbons (Fsp3) is 0.200. The van der Waals surface area contributed by atoms with Crippen molar-refractivity contribution < 1.29 is 0 Å². The highest BCUT2D eigenvalue weighted by Gasteiger charge is 1.99. The fourth-order valence-corrected chi connectivity index (χ4v) is 1.98. The normalized spacial score (nSPS) is 10.5. The lowest BCUT2D eigenvalue weighted by Crippen LogP contribution is -2.13. The first-order chi connectivity index (χ1) is 8.27. The molecule has 0 atom stereocenters. The molecule has 1 N–H and O–H groups in total. The van der Waals surface area contributed by atoms with Crippen LogP contribution in [0.2, 0.25) is 5.02 Å². The van der Waals surface area contributed by atoms with Crippen LogP contribution in [-0.2, 0) is 13.1 Å². The van der Waals surface area contributed by atoms with Gasteiger partial charge in [0.15, 0.2) is 0 Å². The molecule has 2 rings (SSSR count). The average molecular weight is 246 g/mol. The van der Waals surface area contributed by atoms with Crippen LogP contribution in [0.25, 0.3) is 0 Å². The molecule has 2 heteroatoms. The van der Waals surface area contributed by atoms with Crippen LogP contribution in [0.3, 0.4) is 0 Å². The monoisotopic (exact) mass is 245 g/mol. The molecule has 0 bridgehead atoms. The Labute approximate surface area is 107 Å². The van der Waals surface area contributed by atoms with Gasteiger partial charge in [-0.05, 0) is 29.7 Å². The van der Waals surface area contributed by atoms with Crippen molar-refractivity contribution >= 4 is 11.6 Å². The van der Waals surface area contributed by atoms with E-state index in [1.807, 2.05) is 24.3 Å². The van der Waals surface area contributed by atoms with Crippen molar-refractivity contribution in [3.05, 3.63) is 70.2 Å². The molecule has 0 heterocycles. The van der Waals surface area contributed by atoms with Gasteiger partial charge in [-0.1, -0.05) is 54.1 Å². The van der Waals surface area contributed by atoms with E-state index in [0.717, 1.165) is 23.7 Å². The van der Waals surface area contributed by atoms with Crippen molar-refractivity contribution in [1.82, 2.24) is 5.32 Å². The van der Waals surface area contributed by atoms with E-state index in [4.69, 9.17) is 11.6 Å². The van der Waals surface area contributed by atoms with Crippen LogP contribution in [-0.4, -0.2) is 0 Å². The van der Waals surface area contributed by atoms with E-state index in [-0.39, 0.29) is 0 Å². The summed E-state index contributed by atoms with van der Waals surface area (Å²) in [5.41, 5.74) is 3.79. The minimum Gasteiger partial charge on any atom is -0.309 e. The number of hydrogen-bond acceptors (Lipinski definition) is 1. The third-order valence-corrected chi connectivity index (χ3v) is 3.22. The number of nitrogens with one attached hydrogen (secondary N) is 1.